The summed E-state index contributed by atoms with van der Waals surface area (Å²) in [5.41, 5.74) is 0.414. The van der Waals surface area contributed by atoms with E-state index in [1.165, 1.54) is 12.8 Å². The lowest BCUT2D eigenvalue weighted by Gasteiger charge is -2.34. The molecule has 1 saturated carbocycles. The maximum Gasteiger partial charge on any atom is 0.272 e. The fraction of sp³-hybridized carbons (Fsp3) is 0.625. The molecule has 2 amide bonds. The molecule has 1 aromatic heterocycles. The summed E-state index contributed by atoms with van der Waals surface area (Å²) in [7, 11) is 0. The molecule has 1 saturated heterocycles. The van der Waals surface area contributed by atoms with E-state index in [-0.39, 0.29) is 11.8 Å². The highest BCUT2D eigenvalue weighted by atomic mass is 16.2. The minimum absolute atomic E-state index is 0.0576. The smallest absolute Gasteiger partial charge is 0.272 e. The van der Waals surface area contributed by atoms with Crippen molar-refractivity contribution in [2.24, 2.45) is 0 Å². The van der Waals surface area contributed by atoms with Crippen LogP contribution in [-0.4, -0.2) is 63.8 Å². The SMILES string of the molecule is CC(=O)N1CCN(C(=O)c2ccnc(NC3CCCC3)n2)CC1. The van der Waals surface area contributed by atoms with Crippen molar-refractivity contribution in [3.63, 3.8) is 0 Å². The van der Waals surface area contributed by atoms with Gasteiger partial charge in [-0.2, -0.15) is 0 Å². The van der Waals surface area contributed by atoms with Crippen LogP contribution < -0.4 is 5.32 Å². The Labute approximate surface area is 136 Å². The second-order valence-electron chi connectivity index (χ2n) is 6.19. The van der Waals surface area contributed by atoms with Crippen molar-refractivity contribution in [3.8, 4) is 0 Å². The molecule has 2 fully saturated rings. The highest BCUT2D eigenvalue weighted by molar-refractivity contribution is 5.92. The van der Waals surface area contributed by atoms with Crippen LogP contribution in [0.2, 0.25) is 0 Å². The molecule has 7 heteroatoms. The van der Waals surface area contributed by atoms with Crippen LogP contribution in [0.3, 0.4) is 0 Å². The molecule has 0 aromatic carbocycles. The minimum atomic E-state index is -0.0925. The Morgan fingerprint density at radius 2 is 1.78 bits per heavy atom. The molecule has 1 aliphatic carbocycles. The number of hydrogen-bond donors (Lipinski definition) is 1. The standard InChI is InChI=1S/C16H23N5O2/c1-12(22)20-8-10-21(11-9-20)15(23)14-6-7-17-16(19-14)18-13-4-2-3-5-13/h6-7,13H,2-5,8-11H2,1H3,(H,17,18,19). The summed E-state index contributed by atoms with van der Waals surface area (Å²) in [5.74, 6) is 0.498. The fourth-order valence-electron chi connectivity index (χ4n) is 3.19. The zero-order valence-electron chi connectivity index (χ0n) is 13.5. The predicted octanol–water partition coefficient (Wildman–Crippen LogP) is 1.14. The topological polar surface area (TPSA) is 78.4 Å². The normalized spacial score (nSPS) is 19.0. The average Bonchev–Trinajstić information content (AvgIpc) is 3.07. The number of amides is 2. The van der Waals surface area contributed by atoms with E-state index in [1.54, 1.807) is 29.0 Å². The van der Waals surface area contributed by atoms with Gasteiger partial charge in [0.15, 0.2) is 0 Å². The number of rotatable bonds is 3. The molecule has 3 rings (SSSR count). The van der Waals surface area contributed by atoms with Crippen LogP contribution in [-0.2, 0) is 4.79 Å². The number of anilines is 1. The molecular weight excluding hydrogens is 294 g/mol. The Hall–Kier alpha value is -2.18. The van der Waals surface area contributed by atoms with Gasteiger partial charge in [0.05, 0.1) is 0 Å². The van der Waals surface area contributed by atoms with Gasteiger partial charge in [-0.15, -0.1) is 0 Å². The van der Waals surface area contributed by atoms with Crippen molar-refractivity contribution in [1.82, 2.24) is 19.8 Å². The quantitative estimate of drug-likeness (QED) is 0.904. The summed E-state index contributed by atoms with van der Waals surface area (Å²) >= 11 is 0. The molecule has 0 bridgehead atoms. The number of hydrogen-bond acceptors (Lipinski definition) is 5. The molecule has 2 heterocycles. The van der Waals surface area contributed by atoms with Crippen LogP contribution in [0.25, 0.3) is 0 Å². The Kier molecular flexibility index (Phi) is 4.73. The third kappa shape index (κ3) is 3.78. The van der Waals surface area contributed by atoms with E-state index >= 15 is 0 Å². The lowest BCUT2D eigenvalue weighted by Crippen LogP contribution is -2.50. The summed E-state index contributed by atoms with van der Waals surface area (Å²) in [5, 5.41) is 3.32. The molecule has 0 unspecified atom stereocenters. The first kappa shape index (κ1) is 15.7. The van der Waals surface area contributed by atoms with Gasteiger partial charge in [-0.25, -0.2) is 9.97 Å². The Bertz CT molecular complexity index is 578. The molecule has 2 aliphatic rings. The molecule has 23 heavy (non-hydrogen) atoms. The third-order valence-corrected chi connectivity index (χ3v) is 4.58. The predicted molar refractivity (Wildman–Crippen MR) is 86.1 cm³/mol. The number of piperazine rings is 1. The largest absolute Gasteiger partial charge is 0.351 e. The second kappa shape index (κ2) is 6.93. The number of nitrogens with zero attached hydrogens (tertiary/aromatic N) is 4. The van der Waals surface area contributed by atoms with Gasteiger partial charge in [-0.1, -0.05) is 12.8 Å². The molecule has 1 aliphatic heterocycles. The maximum absolute atomic E-state index is 12.6. The minimum Gasteiger partial charge on any atom is -0.351 e. The molecule has 7 nitrogen and oxygen atoms in total. The average molecular weight is 317 g/mol. The van der Waals surface area contributed by atoms with Crippen molar-refractivity contribution >= 4 is 17.8 Å². The van der Waals surface area contributed by atoms with E-state index in [2.05, 4.69) is 15.3 Å². The van der Waals surface area contributed by atoms with Crippen molar-refractivity contribution in [1.29, 1.82) is 0 Å². The molecule has 124 valence electrons. The first-order valence-electron chi connectivity index (χ1n) is 8.28. The number of nitrogens with one attached hydrogen (secondary N) is 1. The van der Waals surface area contributed by atoms with Crippen molar-refractivity contribution < 1.29 is 9.59 Å². The van der Waals surface area contributed by atoms with Crippen LogP contribution in [0, 0.1) is 0 Å². The van der Waals surface area contributed by atoms with E-state index in [1.807, 2.05) is 0 Å². The molecule has 0 spiro atoms. The van der Waals surface area contributed by atoms with Crippen LogP contribution in [0.4, 0.5) is 5.95 Å². The first-order chi connectivity index (χ1) is 11.1. The van der Waals surface area contributed by atoms with Gasteiger partial charge in [-0.3, -0.25) is 9.59 Å². The van der Waals surface area contributed by atoms with Crippen LogP contribution in [0.5, 0.6) is 0 Å². The maximum atomic E-state index is 12.6. The monoisotopic (exact) mass is 317 g/mol. The van der Waals surface area contributed by atoms with Crippen molar-refractivity contribution in [3.05, 3.63) is 18.0 Å². The summed E-state index contributed by atoms with van der Waals surface area (Å²) in [6.45, 7) is 3.82. The third-order valence-electron chi connectivity index (χ3n) is 4.58. The molecule has 0 radical (unpaired) electrons. The second-order valence-corrected chi connectivity index (χ2v) is 6.19. The highest BCUT2D eigenvalue weighted by Gasteiger charge is 2.24. The van der Waals surface area contributed by atoms with Gasteiger partial charge in [0, 0.05) is 45.3 Å². The van der Waals surface area contributed by atoms with Gasteiger partial charge in [0.2, 0.25) is 11.9 Å². The Morgan fingerprint density at radius 3 is 2.43 bits per heavy atom. The van der Waals surface area contributed by atoms with E-state index in [9.17, 15) is 9.59 Å². The van der Waals surface area contributed by atoms with Gasteiger partial charge >= 0.3 is 0 Å². The number of carbonyl (C=O) groups is 2. The van der Waals surface area contributed by atoms with Gasteiger partial charge in [-0.05, 0) is 18.9 Å². The Morgan fingerprint density at radius 1 is 1.13 bits per heavy atom. The fourth-order valence-corrected chi connectivity index (χ4v) is 3.19. The van der Waals surface area contributed by atoms with Crippen LogP contribution >= 0.6 is 0 Å². The lowest BCUT2D eigenvalue weighted by molar-refractivity contribution is -0.130. The zero-order chi connectivity index (χ0) is 16.2. The zero-order valence-corrected chi connectivity index (χ0v) is 13.5. The van der Waals surface area contributed by atoms with Crippen LogP contribution in [0.15, 0.2) is 12.3 Å². The van der Waals surface area contributed by atoms with E-state index in [0.29, 0.717) is 43.9 Å². The van der Waals surface area contributed by atoms with Gasteiger partial charge < -0.3 is 15.1 Å². The summed E-state index contributed by atoms with van der Waals surface area (Å²) < 4.78 is 0. The van der Waals surface area contributed by atoms with E-state index in [4.69, 9.17) is 0 Å². The van der Waals surface area contributed by atoms with Crippen molar-refractivity contribution in [2.75, 3.05) is 31.5 Å². The van der Waals surface area contributed by atoms with Gasteiger partial charge in [0.1, 0.15) is 5.69 Å². The molecule has 1 aromatic rings. The number of carbonyl (C=O) groups excluding carboxylic acids is 2. The van der Waals surface area contributed by atoms with E-state index < -0.39 is 0 Å². The van der Waals surface area contributed by atoms with Gasteiger partial charge in [0.25, 0.3) is 5.91 Å². The number of aromatic nitrogens is 2. The summed E-state index contributed by atoms with van der Waals surface area (Å²) in [6.07, 6.45) is 6.36. The van der Waals surface area contributed by atoms with E-state index in [0.717, 1.165) is 12.8 Å². The van der Waals surface area contributed by atoms with Crippen molar-refractivity contribution in [2.45, 2.75) is 38.6 Å². The van der Waals surface area contributed by atoms with Crippen LogP contribution in [0.1, 0.15) is 43.1 Å². The lowest BCUT2D eigenvalue weighted by atomic mass is 10.2. The summed E-state index contributed by atoms with van der Waals surface area (Å²) in [4.78, 5) is 36.0. The summed E-state index contributed by atoms with van der Waals surface area (Å²) in [6, 6.07) is 2.07. The molecule has 0 atom stereocenters. The molecule has 1 N–H and O–H groups in total. The molecular formula is C16H23N5O2. The highest BCUT2D eigenvalue weighted by Crippen LogP contribution is 2.20. The Balaban J connectivity index is 1.62. The first-order valence-corrected chi connectivity index (χ1v) is 8.28.